The summed E-state index contributed by atoms with van der Waals surface area (Å²) < 4.78 is 11.5. The van der Waals surface area contributed by atoms with Gasteiger partial charge in [0.25, 0.3) is 0 Å². The molecule has 1 heterocycles. The first-order valence-corrected chi connectivity index (χ1v) is 8.47. The first-order chi connectivity index (χ1) is 10.2. The highest BCUT2D eigenvalue weighted by Gasteiger charge is 2.57. The molecule has 3 fully saturated rings. The molecule has 3 atom stereocenters. The number of hydrogen-bond donors (Lipinski definition) is 1. The zero-order chi connectivity index (χ0) is 14.9. The SMILES string of the molecule is CCOC1CC(N=C(N)N2CCOC(C)C2)C12CCCC2. The lowest BCUT2D eigenvalue weighted by Gasteiger charge is -2.52. The fraction of sp³-hybridized carbons (Fsp3) is 0.938. The fourth-order valence-corrected chi connectivity index (χ4v) is 4.30. The average molecular weight is 295 g/mol. The summed E-state index contributed by atoms with van der Waals surface area (Å²) >= 11 is 0. The molecule has 3 aliphatic rings. The van der Waals surface area contributed by atoms with E-state index in [0.29, 0.717) is 18.1 Å². The van der Waals surface area contributed by atoms with Gasteiger partial charge < -0.3 is 20.1 Å². The van der Waals surface area contributed by atoms with Crippen molar-refractivity contribution in [2.75, 3.05) is 26.3 Å². The van der Waals surface area contributed by atoms with Crippen LogP contribution in [0.2, 0.25) is 0 Å². The van der Waals surface area contributed by atoms with Crippen LogP contribution in [0, 0.1) is 5.41 Å². The Bertz CT molecular complexity index is 393. The predicted octanol–water partition coefficient (Wildman–Crippen LogP) is 1.76. The van der Waals surface area contributed by atoms with E-state index in [0.717, 1.165) is 32.7 Å². The summed E-state index contributed by atoms with van der Waals surface area (Å²) in [7, 11) is 0. The maximum absolute atomic E-state index is 6.27. The number of ether oxygens (including phenoxy) is 2. The molecule has 0 amide bonds. The maximum Gasteiger partial charge on any atom is 0.191 e. The first kappa shape index (κ1) is 15.1. The van der Waals surface area contributed by atoms with Crippen LogP contribution in [0.5, 0.6) is 0 Å². The van der Waals surface area contributed by atoms with Crippen molar-refractivity contribution < 1.29 is 9.47 Å². The second-order valence-electron chi connectivity index (χ2n) is 6.75. The number of morpholine rings is 1. The number of hydrogen-bond acceptors (Lipinski definition) is 3. The molecule has 5 heteroatoms. The van der Waals surface area contributed by atoms with E-state index in [9.17, 15) is 0 Å². The van der Waals surface area contributed by atoms with Gasteiger partial charge in [0.15, 0.2) is 5.96 Å². The predicted molar refractivity (Wildman–Crippen MR) is 83.3 cm³/mol. The molecule has 0 radical (unpaired) electrons. The molecule has 3 rings (SSSR count). The van der Waals surface area contributed by atoms with E-state index >= 15 is 0 Å². The molecular formula is C16H29N3O2. The fourth-order valence-electron chi connectivity index (χ4n) is 4.30. The lowest BCUT2D eigenvalue weighted by Crippen LogP contribution is -2.57. The summed E-state index contributed by atoms with van der Waals surface area (Å²) in [4.78, 5) is 7.06. The zero-order valence-corrected chi connectivity index (χ0v) is 13.4. The molecule has 0 aromatic rings. The minimum atomic E-state index is 0.241. The van der Waals surface area contributed by atoms with Crippen LogP contribution in [0.1, 0.15) is 46.0 Å². The summed E-state index contributed by atoms with van der Waals surface area (Å²) in [5.41, 5.74) is 6.55. The highest BCUT2D eigenvalue weighted by atomic mass is 16.5. The van der Waals surface area contributed by atoms with Gasteiger partial charge in [0.2, 0.25) is 0 Å². The molecule has 1 aliphatic heterocycles. The van der Waals surface area contributed by atoms with Crippen molar-refractivity contribution in [1.82, 2.24) is 4.90 Å². The van der Waals surface area contributed by atoms with Crippen LogP contribution < -0.4 is 5.73 Å². The minimum Gasteiger partial charge on any atom is -0.378 e. The molecule has 0 aromatic heterocycles. The third kappa shape index (κ3) is 2.78. The van der Waals surface area contributed by atoms with Crippen molar-refractivity contribution >= 4 is 5.96 Å². The van der Waals surface area contributed by atoms with Crippen LogP contribution in [-0.4, -0.2) is 55.4 Å². The topological polar surface area (TPSA) is 60.1 Å². The molecule has 0 bridgehead atoms. The largest absolute Gasteiger partial charge is 0.378 e. The molecule has 1 saturated heterocycles. The van der Waals surface area contributed by atoms with Crippen LogP contribution in [0.3, 0.4) is 0 Å². The van der Waals surface area contributed by atoms with E-state index in [1.54, 1.807) is 0 Å². The average Bonchev–Trinajstić information content (AvgIpc) is 2.98. The molecular weight excluding hydrogens is 266 g/mol. The van der Waals surface area contributed by atoms with Gasteiger partial charge in [-0.25, -0.2) is 4.99 Å². The summed E-state index contributed by atoms with van der Waals surface area (Å²) in [5, 5.41) is 0. The molecule has 5 nitrogen and oxygen atoms in total. The quantitative estimate of drug-likeness (QED) is 0.636. The Morgan fingerprint density at radius 1 is 1.43 bits per heavy atom. The molecule has 3 unspecified atom stereocenters. The van der Waals surface area contributed by atoms with Crippen molar-refractivity contribution in [3.05, 3.63) is 0 Å². The summed E-state index contributed by atoms with van der Waals surface area (Å²) in [6, 6.07) is 0.356. The molecule has 2 saturated carbocycles. The van der Waals surface area contributed by atoms with Crippen molar-refractivity contribution in [2.45, 2.75) is 64.2 Å². The Labute approximate surface area is 127 Å². The van der Waals surface area contributed by atoms with Gasteiger partial charge in [-0.3, -0.25) is 0 Å². The Morgan fingerprint density at radius 3 is 2.86 bits per heavy atom. The van der Waals surface area contributed by atoms with Crippen molar-refractivity contribution in [3.8, 4) is 0 Å². The van der Waals surface area contributed by atoms with Crippen LogP contribution in [-0.2, 0) is 9.47 Å². The Hall–Kier alpha value is -0.810. The Balaban J connectivity index is 1.67. The monoisotopic (exact) mass is 295 g/mol. The number of nitrogens with two attached hydrogens (primary N) is 1. The molecule has 21 heavy (non-hydrogen) atoms. The van der Waals surface area contributed by atoms with Gasteiger partial charge in [-0.1, -0.05) is 12.8 Å². The van der Waals surface area contributed by atoms with Crippen molar-refractivity contribution in [1.29, 1.82) is 0 Å². The van der Waals surface area contributed by atoms with E-state index in [2.05, 4.69) is 18.7 Å². The summed E-state index contributed by atoms with van der Waals surface area (Å²) in [5.74, 6) is 0.705. The van der Waals surface area contributed by atoms with Gasteiger partial charge in [-0.05, 0) is 33.1 Å². The Kier molecular flexibility index (Phi) is 4.41. The Morgan fingerprint density at radius 2 is 2.19 bits per heavy atom. The van der Waals surface area contributed by atoms with E-state index in [1.165, 1.54) is 25.7 Å². The third-order valence-corrected chi connectivity index (χ3v) is 5.50. The lowest BCUT2D eigenvalue weighted by atomic mass is 9.61. The van der Waals surface area contributed by atoms with Crippen LogP contribution in [0.25, 0.3) is 0 Å². The minimum absolute atomic E-state index is 0.241. The second kappa shape index (κ2) is 6.13. The molecule has 0 aromatic carbocycles. The zero-order valence-electron chi connectivity index (χ0n) is 13.4. The number of aliphatic imine (C=N–C) groups is 1. The van der Waals surface area contributed by atoms with Crippen LogP contribution >= 0.6 is 0 Å². The van der Waals surface area contributed by atoms with E-state index in [4.69, 9.17) is 20.2 Å². The van der Waals surface area contributed by atoms with Gasteiger partial charge >= 0.3 is 0 Å². The number of guanidine groups is 1. The van der Waals surface area contributed by atoms with Gasteiger partial charge in [0.1, 0.15) is 0 Å². The molecule has 1 spiro atoms. The van der Waals surface area contributed by atoms with Crippen LogP contribution in [0.15, 0.2) is 4.99 Å². The maximum atomic E-state index is 6.27. The number of nitrogens with zero attached hydrogens (tertiary/aromatic N) is 2. The van der Waals surface area contributed by atoms with Crippen molar-refractivity contribution in [2.24, 2.45) is 16.1 Å². The van der Waals surface area contributed by atoms with Gasteiger partial charge in [0, 0.05) is 25.1 Å². The van der Waals surface area contributed by atoms with Crippen molar-refractivity contribution in [3.63, 3.8) is 0 Å². The third-order valence-electron chi connectivity index (χ3n) is 5.50. The molecule has 2 N–H and O–H groups in total. The smallest absolute Gasteiger partial charge is 0.191 e. The normalized spacial score (nSPS) is 36.0. The highest BCUT2D eigenvalue weighted by molar-refractivity contribution is 5.78. The number of rotatable bonds is 3. The van der Waals surface area contributed by atoms with Gasteiger partial charge in [-0.15, -0.1) is 0 Å². The van der Waals surface area contributed by atoms with E-state index < -0.39 is 0 Å². The van der Waals surface area contributed by atoms with Gasteiger partial charge in [-0.2, -0.15) is 0 Å². The lowest BCUT2D eigenvalue weighted by molar-refractivity contribution is -0.119. The summed E-state index contributed by atoms with van der Waals surface area (Å²) in [6.45, 7) is 7.43. The highest BCUT2D eigenvalue weighted by Crippen LogP contribution is 2.56. The summed E-state index contributed by atoms with van der Waals surface area (Å²) in [6.07, 6.45) is 6.79. The van der Waals surface area contributed by atoms with E-state index in [-0.39, 0.29) is 11.5 Å². The molecule has 120 valence electrons. The second-order valence-corrected chi connectivity index (χ2v) is 6.75. The van der Waals surface area contributed by atoms with E-state index in [1.807, 2.05) is 0 Å². The van der Waals surface area contributed by atoms with Crippen LogP contribution in [0.4, 0.5) is 0 Å². The van der Waals surface area contributed by atoms with Gasteiger partial charge in [0.05, 0.1) is 24.9 Å². The first-order valence-electron chi connectivity index (χ1n) is 8.47. The standard InChI is InChI=1S/C16H29N3O2/c1-3-20-14-10-13(16(14)6-4-5-7-16)18-15(17)19-8-9-21-12(2)11-19/h12-14H,3-11H2,1-2H3,(H2,17,18). The molecule has 2 aliphatic carbocycles.